The smallest absolute Gasteiger partial charge is 0.171 e. The van der Waals surface area contributed by atoms with Crippen LogP contribution in [-0.2, 0) is 6.42 Å². The molecular formula is C21H22F2N4O3. The van der Waals surface area contributed by atoms with Gasteiger partial charge in [0.05, 0.1) is 27.4 Å². The second-order valence-electron chi connectivity index (χ2n) is 6.38. The largest absolute Gasteiger partial charge is 0.494 e. The van der Waals surface area contributed by atoms with E-state index in [0.29, 0.717) is 27.7 Å². The summed E-state index contributed by atoms with van der Waals surface area (Å²) in [7, 11) is 2.61. The highest BCUT2D eigenvalue weighted by Gasteiger charge is 2.21. The number of aliphatic hydroxyl groups is 1. The van der Waals surface area contributed by atoms with Gasteiger partial charge >= 0.3 is 0 Å². The lowest BCUT2D eigenvalue weighted by atomic mass is 10.0. The number of nitrogens with zero attached hydrogens (tertiary/aromatic N) is 2. The van der Waals surface area contributed by atoms with E-state index in [0.717, 1.165) is 0 Å². The highest BCUT2D eigenvalue weighted by Crippen LogP contribution is 2.34. The van der Waals surface area contributed by atoms with E-state index in [1.54, 1.807) is 12.4 Å². The average Bonchev–Trinajstić information content (AvgIpc) is 3.16. The van der Waals surface area contributed by atoms with Crippen LogP contribution in [0, 0.1) is 11.6 Å². The summed E-state index contributed by atoms with van der Waals surface area (Å²) in [6.45, 7) is 0.174. The second-order valence-corrected chi connectivity index (χ2v) is 6.38. The highest BCUT2D eigenvalue weighted by atomic mass is 19.1. The molecule has 3 aromatic rings. The van der Waals surface area contributed by atoms with Crippen molar-refractivity contribution in [1.82, 2.24) is 9.97 Å². The number of methoxy groups -OCH3 is 2. The maximum atomic E-state index is 14.8. The van der Waals surface area contributed by atoms with Crippen molar-refractivity contribution in [3.8, 4) is 11.5 Å². The number of ether oxygens (including phenoxy) is 2. The van der Waals surface area contributed by atoms with E-state index in [1.807, 2.05) is 6.07 Å². The summed E-state index contributed by atoms with van der Waals surface area (Å²) in [5.41, 5.74) is 8.00. The standard InChI is InChI=1S/C21H22F2N4O3/c1-29-17-7-18(30-2)20(23)16(19(17)22)6-13-11-27-21-15(13)5-12(10-26-21)14(8-24)9-25-3-4-28/h5,7-11,28H,3-4,6,24H2,1-2H3,(H,26,27). The summed E-state index contributed by atoms with van der Waals surface area (Å²) in [5.74, 6) is -1.77. The van der Waals surface area contributed by atoms with Gasteiger partial charge in [0.1, 0.15) is 5.65 Å². The van der Waals surface area contributed by atoms with Gasteiger partial charge in [-0.2, -0.15) is 0 Å². The second kappa shape index (κ2) is 9.36. The number of aliphatic imine (C=N–C) groups is 1. The van der Waals surface area contributed by atoms with Crippen molar-refractivity contribution >= 4 is 22.8 Å². The van der Waals surface area contributed by atoms with Gasteiger partial charge in [0.15, 0.2) is 23.1 Å². The average molecular weight is 416 g/mol. The molecule has 9 heteroatoms. The third-order valence-corrected chi connectivity index (χ3v) is 4.62. The Bertz CT molecular complexity index is 1080. The van der Waals surface area contributed by atoms with Crippen molar-refractivity contribution in [2.45, 2.75) is 6.42 Å². The zero-order valence-corrected chi connectivity index (χ0v) is 16.6. The number of aromatic nitrogens is 2. The molecule has 30 heavy (non-hydrogen) atoms. The zero-order valence-electron chi connectivity index (χ0n) is 16.6. The molecule has 0 aliphatic rings. The van der Waals surface area contributed by atoms with Crippen molar-refractivity contribution in [1.29, 1.82) is 0 Å². The molecule has 0 aliphatic heterocycles. The minimum atomic E-state index is -0.784. The predicted octanol–water partition coefficient (Wildman–Crippen LogP) is 2.81. The Morgan fingerprint density at radius 1 is 1.23 bits per heavy atom. The quantitative estimate of drug-likeness (QED) is 0.490. The summed E-state index contributed by atoms with van der Waals surface area (Å²) in [6, 6.07) is 2.98. The fourth-order valence-electron chi connectivity index (χ4n) is 3.08. The molecule has 0 amide bonds. The van der Waals surface area contributed by atoms with Crippen molar-refractivity contribution in [2.75, 3.05) is 27.4 Å². The molecular weight excluding hydrogens is 394 g/mol. The lowest BCUT2D eigenvalue weighted by Gasteiger charge is -2.12. The number of benzene rings is 1. The first-order valence-electron chi connectivity index (χ1n) is 9.11. The first kappa shape index (κ1) is 21.3. The molecule has 1 aromatic carbocycles. The normalized spacial score (nSPS) is 12.1. The minimum Gasteiger partial charge on any atom is -0.494 e. The number of allylic oxidation sites excluding steroid dienone is 1. The highest BCUT2D eigenvalue weighted by molar-refractivity contribution is 6.10. The Morgan fingerprint density at radius 3 is 2.53 bits per heavy atom. The van der Waals surface area contributed by atoms with Gasteiger partial charge in [-0.05, 0) is 11.6 Å². The van der Waals surface area contributed by atoms with Crippen LogP contribution in [0.3, 0.4) is 0 Å². The van der Waals surface area contributed by atoms with E-state index in [2.05, 4.69) is 15.0 Å². The number of nitrogens with two attached hydrogens (primary N) is 1. The molecule has 4 N–H and O–H groups in total. The number of rotatable bonds is 8. The van der Waals surface area contributed by atoms with E-state index in [4.69, 9.17) is 20.3 Å². The molecule has 3 rings (SSSR count). The topological polar surface area (TPSA) is 106 Å². The van der Waals surface area contributed by atoms with Gasteiger partial charge in [-0.3, -0.25) is 4.99 Å². The van der Waals surface area contributed by atoms with Gasteiger partial charge in [0.25, 0.3) is 0 Å². The van der Waals surface area contributed by atoms with Crippen LogP contribution >= 0.6 is 0 Å². The number of halogens is 2. The van der Waals surface area contributed by atoms with Gasteiger partial charge in [-0.25, -0.2) is 13.8 Å². The number of fused-ring (bicyclic) bond motifs is 1. The molecule has 0 aliphatic carbocycles. The SMILES string of the molecule is COc1cc(OC)c(F)c(Cc2c[nH]c3ncc(C(C=NCCO)=CN)cc23)c1F. The van der Waals surface area contributed by atoms with E-state index in [-0.39, 0.29) is 36.6 Å². The molecule has 0 saturated heterocycles. The molecule has 0 saturated carbocycles. The molecule has 0 radical (unpaired) electrons. The van der Waals surface area contributed by atoms with Crippen molar-refractivity contribution in [3.05, 3.63) is 59.1 Å². The Hall–Kier alpha value is -3.46. The van der Waals surface area contributed by atoms with Crippen LogP contribution in [0.4, 0.5) is 8.78 Å². The molecule has 0 spiro atoms. The maximum absolute atomic E-state index is 14.8. The minimum absolute atomic E-state index is 0.0450. The van der Waals surface area contributed by atoms with Gasteiger partial charge in [0.2, 0.25) is 0 Å². The van der Waals surface area contributed by atoms with Gasteiger partial charge in [0, 0.05) is 59.4 Å². The van der Waals surface area contributed by atoms with Crippen LogP contribution in [0.1, 0.15) is 16.7 Å². The lowest BCUT2D eigenvalue weighted by molar-refractivity contribution is 0.307. The first-order chi connectivity index (χ1) is 14.5. The summed E-state index contributed by atoms with van der Waals surface area (Å²) in [6.07, 6.45) is 6.14. The zero-order chi connectivity index (χ0) is 21.7. The molecule has 7 nitrogen and oxygen atoms in total. The molecule has 0 bridgehead atoms. The van der Waals surface area contributed by atoms with Crippen LogP contribution in [0.15, 0.2) is 35.7 Å². The fraction of sp³-hybridized carbons (Fsp3) is 0.238. The van der Waals surface area contributed by atoms with Crippen LogP contribution in [0.25, 0.3) is 16.6 Å². The number of hydrogen-bond donors (Lipinski definition) is 3. The molecule has 0 fully saturated rings. The maximum Gasteiger partial charge on any atom is 0.171 e. The molecule has 2 heterocycles. The third kappa shape index (κ3) is 4.11. The van der Waals surface area contributed by atoms with E-state index < -0.39 is 11.6 Å². The van der Waals surface area contributed by atoms with Crippen LogP contribution in [-0.4, -0.2) is 48.7 Å². The monoisotopic (exact) mass is 416 g/mol. The lowest BCUT2D eigenvalue weighted by Crippen LogP contribution is -2.03. The summed E-state index contributed by atoms with van der Waals surface area (Å²) in [5, 5.41) is 9.56. The molecule has 0 unspecified atom stereocenters. The van der Waals surface area contributed by atoms with Gasteiger partial charge in [-0.15, -0.1) is 0 Å². The molecule has 2 aromatic heterocycles. The number of pyridine rings is 1. The Labute approximate surface area is 171 Å². The van der Waals surface area contributed by atoms with E-state index in [1.165, 1.54) is 32.7 Å². The predicted molar refractivity (Wildman–Crippen MR) is 111 cm³/mol. The number of H-pyrrole nitrogens is 1. The van der Waals surface area contributed by atoms with Gasteiger partial charge in [-0.1, -0.05) is 0 Å². The Morgan fingerprint density at radius 2 is 1.93 bits per heavy atom. The van der Waals surface area contributed by atoms with Crippen LogP contribution in [0.5, 0.6) is 11.5 Å². The summed E-state index contributed by atoms with van der Waals surface area (Å²) < 4.78 is 39.5. The number of hydrogen-bond acceptors (Lipinski definition) is 6. The van der Waals surface area contributed by atoms with Crippen LogP contribution < -0.4 is 15.2 Å². The Kier molecular flexibility index (Phi) is 6.63. The first-order valence-corrected chi connectivity index (χ1v) is 9.11. The number of aromatic amines is 1. The fourth-order valence-corrected chi connectivity index (χ4v) is 3.08. The van der Waals surface area contributed by atoms with E-state index >= 15 is 0 Å². The van der Waals surface area contributed by atoms with Crippen molar-refractivity contribution < 1.29 is 23.4 Å². The van der Waals surface area contributed by atoms with Gasteiger partial charge < -0.3 is 25.3 Å². The third-order valence-electron chi connectivity index (χ3n) is 4.62. The van der Waals surface area contributed by atoms with E-state index in [9.17, 15) is 8.78 Å². The molecule has 158 valence electrons. The number of aliphatic hydroxyl groups excluding tert-OH is 1. The summed E-state index contributed by atoms with van der Waals surface area (Å²) in [4.78, 5) is 11.4. The summed E-state index contributed by atoms with van der Waals surface area (Å²) >= 11 is 0. The number of nitrogens with one attached hydrogen (secondary N) is 1. The van der Waals surface area contributed by atoms with Crippen LogP contribution in [0.2, 0.25) is 0 Å². The van der Waals surface area contributed by atoms with Crippen molar-refractivity contribution in [2.24, 2.45) is 10.7 Å². The Balaban J connectivity index is 2.04. The molecule has 0 atom stereocenters. The van der Waals surface area contributed by atoms with Crippen molar-refractivity contribution in [3.63, 3.8) is 0 Å².